The molecule has 0 atom stereocenters. The minimum Gasteiger partial charge on any atom is -0.212 e. The summed E-state index contributed by atoms with van der Waals surface area (Å²) in [6.07, 6.45) is 0. The van der Waals surface area contributed by atoms with Gasteiger partial charge in [-0.25, -0.2) is 8.42 Å². The van der Waals surface area contributed by atoms with Crippen molar-refractivity contribution < 1.29 is 8.42 Å². The van der Waals surface area contributed by atoms with E-state index in [2.05, 4.69) is 39.1 Å². The number of rotatable bonds is 1. The molecule has 0 saturated carbocycles. The molecular weight excluding hydrogens is 416 g/mol. The number of halogens is 1. The van der Waals surface area contributed by atoms with Gasteiger partial charge in [0.05, 0.1) is 19.7 Å². The lowest BCUT2D eigenvalue weighted by molar-refractivity contribution is 0.612. The first-order valence-corrected chi connectivity index (χ1v) is 11.9. The van der Waals surface area contributed by atoms with Crippen molar-refractivity contribution in [2.45, 2.75) is 4.90 Å². The molecule has 0 unspecified atom stereocenters. The number of hydrogen-bond acceptors (Lipinski definition) is 3. The highest BCUT2D eigenvalue weighted by molar-refractivity contribution is 9.47. The van der Waals surface area contributed by atoms with Gasteiger partial charge < -0.3 is 0 Å². The molecule has 0 aliphatic rings. The first kappa shape index (κ1) is 15.3. The van der Waals surface area contributed by atoms with Crippen LogP contribution in [0.2, 0.25) is 0 Å². The van der Waals surface area contributed by atoms with E-state index < -0.39 is 8.27 Å². The second-order valence-corrected chi connectivity index (χ2v) is 10.9. The zero-order valence-corrected chi connectivity index (χ0v) is 16.1. The summed E-state index contributed by atoms with van der Waals surface area (Å²) in [6, 6.07) is 22.1. The van der Waals surface area contributed by atoms with Gasteiger partial charge in [-0.2, -0.15) is 0 Å². The molecule has 4 aromatic carbocycles. The molecule has 1 aromatic heterocycles. The van der Waals surface area contributed by atoms with Gasteiger partial charge in [0, 0.05) is 25.6 Å². The summed E-state index contributed by atoms with van der Waals surface area (Å²) in [5.74, 6) is 0. The van der Waals surface area contributed by atoms with Gasteiger partial charge in [0.15, 0.2) is 0 Å². The summed E-state index contributed by atoms with van der Waals surface area (Å²) in [7, 11) is -3.48. The van der Waals surface area contributed by atoms with Crippen LogP contribution in [0.1, 0.15) is 0 Å². The summed E-state index contributed by atoms with van der Waals surface area (Å²) in [5.41, 5.74) is 0. The lowest BCUT2D eigenvalue weighted by Gasteiger charge is -2.06. The highest BCUT2D eigenvalue weighted by Crippen LogP contribution is 2.44. The van der Waals surface area contributed by atoms with Crippen molar-refractivity contribution in [3.8, 4) is 0 Å². The van der Waals surface area contributed by atoms with Gasteiger partial charge in [-0.15, -0.1) is 11.3 Å². The van der Waals surface area contributed by atoms with E-state index in [4.69, 9.17) is 0 Å². The molecule has 0 spiro atoms. The summed E-state index contributed by atoms with van der Waals surface area (Å²) in [4.78, 5) is 0.325. The Labute approximate surface area is 155 Å². The van der Waals surface area contributed by atoms with Gasteiger partial charge in [-0.05, 0) is 22.2 Å². The normalized spacial score (nSPS) is 12.5. The second kappa shape index (κ2) is 5.27. The van der Waals surface area contributed by atoms with Crippen molar-refractivity contribution in [3.05, 3.63) is 66.7 Å². The molecule has 5 rings (SSSR count). The second-order valence-electron chi connectivity index (χ2n) is 6.00. The van der Waals surface area contributed by atoms with Crippen LogP contribution in [0.15, 0.2) is 71.6 Å². The van der Waals surface area contributed by atoms with Crippen LogP contribution in [0.4, 0.5) is 0 Å². The molecule has 5 aromatic rings. The van der Waals surface area contributed by atoms with E-state index in [-0.39, 0.29) is 0 Å². The number of hydrogen-bond donors (Lipinski definition) is 0. The zero-order valence-electron chi connectivity index (χ0n) is 12.9. The third kappa shape index (κ3) is 2.23. The van der Waals surface area contributed by atoms with Crippen molar-refractivity contribution in [2.75, 3.05) is 0 Å². The SMILES string of the molecule is O=S(=O)(Br)c1cc2sc3c4ccccc4ccc3c2c2ccccc12. The van der Waals surface area contributed by atoms with Crippen LogP contribution in [0.3, 0.4) is 0 Å². The average Bonchev–Trinajstić information content (AvgIpc) is 2.99. The van der Waals surface area contributed by atoms with Crippen molar-refractivity contribution in [1.82, 2.24) is 0 Å². The van der Waals surface area contributed by atoms with Gasteiger partial charge in [-0.3, -0.25) is 0 Å². The highest BCUT2D eigenvalue weighted by atomic mass is 79.9. The van der Waals surface area contributed by atoms with Crippen molar-refractivity contribution in [3.63, 3.8) is 0 Å². The first-order chi connectivity index (χ1) is 12.0. The van der Waals surface area contributed by atoms with Gasteiger partial charge in [0.2, 0.25) is 8.27 Å². The molecule has 0 fully saturated rings. The van der Waals surface area contributed by atoms with Crippen LogP contribution in [0.25, 0.3) is 41.7 Å². The lowest BCUT2D eigenvalue weighted by atomic mass is 10.0. The van der Waals surface area contributed by atoms with Crippen LogP contribution in [-0.2, 0) is 8.27 Å². The van der Waals surface area contributed by atoms with E-state index >= 15 is 0 Å². The molecule has 0 aliphatic heterocycles. The van der Waals surface area contributed by atoms with Gasteiger partial charge in [-0.1, -0.05) is 60.7 Å². The van der Waals surface area contributed by atoms with Crippen LogP contribution in [0, 0.1) is 0 Å². The molecule has 0 bridgehead atoms. The minimum absolute atomic E-state index is 0.325. The minimum atomic E-state index is -3.48. The quantitative estimate of drug-likeness (QED) is 0.288. The Morgan fingerprint density at radius 1 is 0.760 bits per heavy atom. The maximum absolute atomic E-state index is 12.2. The molecule has 0 saturated heterocycles. The zero-order chi connectivity index (χ0) is 17.2. The third-order valence-corrected chi connectivity index (χ3v) is 7.69. The largest absolute Gasteiger partial charge is 0.238 e. The molecule has 122 valence electrons. The number of thiophene rings is 1. The van der Waals surface area contributed by atoms with Crippen LogP contribution < -0.4 is 0 Å². The molecule has 2 nitrogen and oxygen atoms in total. The summed E-state index contributed by atoms with van der Waals surface area (Å²) in [5, 5.41) is 6.42. The Hall–Kier alpha value is -1.95. The van der Waals surface area contributed by atoms with E-state index in [0.29, 0.717) is 4.90 Å². The number of benzene rings is 4. The highest BCUT2D eigenvalue weighted by Gasteiger charge is 2.19. The van der Waals surface area contributed by atoms with Crippen LogP contribution in [-0.4, -0.2) is 8.42 Å². The Kier molecular flexibility index (Phi) is 3.23. The van der Waals surface area contributed by atoms with Gasteiger partial charge in [0.25, 0.3) is 0 Å². The van der Waals surface area contributed by atoms with E-state index in [9.17, 15) is 8.42 Å². The van der Waals surface area contributed by atoms with Crippen molar-refractivity contribution >= 4 is 76.1 Å². The first-order valence-electron chi connectivity index (χ1n) is 7.74. The summed E-state index contributed by atoms with van der Waals surface area (Å²) in [6.45, 7) is 0. The van der Waals surface area contributed by atoms with Crippen LogP contribution in [0.5, 0.6) is 0 Å². The topological polar surface area (TPSA) is 34.1 Å². The maximum Gasteiger partial charge on any atom is 0.238 e. The Balaban J connectivity index is 2.10. The lowest BCUT2D eigenvalue weighted by Crippen LogP contribution is -1.91. The standard InChI is InChI=1S/C20H11BrO2S2/c21-25(22,23)18-11-17-19(15-8-4-3-7-14(15)18)16-10-9-12-5-1-2-6-13(12)20(16)24-17/h1-11H. The van der Waals surface area contributed by atoms with Gasteiger partial charge in [0.1, 0.15) is 0 Å². The predicted molar refractivity (Wildman–Crippen MR) is 110 cm³/mol. The fourth-order valence-corrected chi connectivity index (χ4v) is 6.41. The number of fused-ring (bicyclic) bond motifs is 7. The van der Waals surface area contributed by atoms with E-state index in [1.165, 1.54) is 20.9 Å². The Morgan fingerprint density at radius 2 is 1.44 bits per heavy atom. The fraction of sp³-hybridized carbons (Fsp3) is 0. The molecule has 0 radical (unpaired) electrons. The maximum atomic E-state index is 12.2. The monoisotopic (exact) mass is 426 g/mol. The molecule has 5 heteroatoms. The van der Waals surface area contributed by atoms with Gasteiger partial charge >= 0.3 is 0 Å². The molecule has 1 heterocycles. The summed E-state index contributed by atoms with van der Waals surface area (Å²) < 4.78 is 26.7. The Morgan fingerprint density at radius 3 is 2.20 bits per heavy atom. The predicted octanol–water partition coefficient (Wildman–Crippen LogP) is 6.44. The molecule has 0 aliphatic carbocycles. The molecule has 0 amide bonds. The molecule has 0 N–H and O–H groups in total. The van der Waals surface area contributed by atoms with Crippen molar-refractivity contribution in [1.29, 1.82) is 0 Å². The van der Waals surface area contributed by atoms with E-state index in [1.54, 1.807) is 17.4 Å². The van der Waals surface area contributed by atoms with Crippen LogP contribution >= 0.6 is 26.1 Å². The molecular formula is C20H11BrO2S2. The Bertz CT molecular complexity index is 1420. The average molecular weight is 427 g/mol. The molecule has 25 heavy (non-hydrogen) atoms. The van der Waals surface area contributed by atoms with Crippen molar-refractivity contribution in [2.24, 2.45) is 0 Å². The summed E-state index contributed by atoms with van der Waals surface area (Å²) >= 11 is 4.50. The van der Waals surface area contributed by atoms with E-state index in [1.807, 2.05) is 36.4 Å². The fourth-order valence-electron chi connectivity index (χ4n) is 3.54. The van der Waals surface area contributed by atoms with E-state index in [0.717, 1.165) is 20.9 Å². The smallest absolute Gasteiger partial charge is 0.212 e. The third-order valence-electron chi connectivity index (χ3n) is 4.59.